The van der Waals surface area contributed by atoms with Gasteiger partial charge in [-0.25, -0.2) is 0 Å². The summed E-state index contributed by atoms with van der Waals surface area (Å²) in [5, 5.41) is 3.39. The van der Waals surface area contributed by atoms with E-state index in [0.717, 1.165) is 64.7 Å². The third-order valence-corrected chi connectivity index (χ3v) is 5.35. The molecule has 0 radical (unpaired) electrons. The highest BCUT2D eigenvalue weighted by molar-refractivity contribution is 5.82. The van der Waals surface area contributed by atoms with E-state index in [1.807, 2.05) is 11.9 Å². The molecule has 2 saturated heterocycles. The number of nitrogens with one attached hydrogen (secondary N) is 1. The van der Waals surface area contributed by atoms with Crippen molar-refractivity contribution >= 4 is 11.9 Å². The second-order valence-electron chi connectivity index (χ2n) is 7.07. The fourth-order valence-electron chi connectivity index (χ4n) is 3.89. The van der Waals surface area contributed by atoms with Gasteiger partial charge >= 0.3 is 0 Å². The first kappa shape index (κ1) is 18.5. The zero-order chi connectivity index (χ0) is 17.5. The first-order valence-electron chi connectivity index (χ1n) is 9.75. The lowest BCUT2D eigenvalue weighted by Crippen LogP contribution is -2.55. The summed E-state index contributed by atoms with van der Waals surface area (Å²) in [4.78, 5) is 20.9. The molecule has 2 aliphatic heterocycles. The van der Waals surface area contributed by atoms with Gasteiger partial charge in [0, 0.05) is 46.4 Å². The van der Waals surface area contributed by atoms with Crippen molar-refractivity contribution in [1.82, 2.24) is 15.1 Å². The van der Waals surface area contributed by atoms with E-state index in [1.54, 1.807) is 0 Å². The minimum Gasteiger partial charge on any atom is -0.376 e. The molecule has 1 saturated carbocycles. The monoisotopic (exact) mass is 352 g/mol. The van der Waals surface area contributed by atoms with Crippen LogP contribution in [0.4, 0.5) is 0 Å². The van der Waals surface area contributed by atoms with Gasteiger partial charge in [0.1, 0.15) is 6.10 Å². The van der Waals surface area contributed by atoms with Crippen molar-refractivity contribution in [3.8, 4) is 0 Å². The van der Waals surface area contributed by atoms with Gasteiger partial charge in [-0.3, -0.25) is 9.79 Å². The average molecular weight is 352 g/mol. The number of hydrogen-bond acceptors (Lipinski definition) is 4. The largest absolute Gasteiger partial charge is 0.376 e. The Kier molecular flexibility index (Phi) is 6.93. The average Bonchev–Trinajstić information content (AvgIpc) is 3.35. The summed E-state index contributed by atoms with van der Waals surface area (Å²) >= 11 is 0. The minimum absolute atomic E-state index is 0.157. The highest BCUT2D eigenvalue weighted by Gasteiger charge is 2.30. The fourth-order valence-corrected chi connectivity index (χ4v) is 3.89. The summed E-state index contributed by atoms with van der Waals surface area (Å²) in [7, 11) is 1.81. The molecule has 0 bridgehead atoms. The van der Waals surface area contributed by atoms with Crippen LogP contribution in [0.2, 0.25) is 0 Å². The predicted molar refractivity (Wildman–Crippen MR) is 96.7 cm³/mol. The predicted octanol–water partition coefficient (Wildman–Crippen LogP) is 0.844. The zero-order valence-electron chi connectivity index (χ0n) is 15.4. The summed E-state index contributed by atoms with van der Waals surface area (Å²) < 4.78 is 11.4. The summed E-state index contributed by atoms with van der Waals surface area (Å²) in [5.74, 6) is 1.06. The first-order chi connectivity index (χ1) is 12.3. The number of carbonyl (C=O) groups excluding carboxylic acids is 1. The molecule has 2 heterocycles. The molecule has 1 unspecified atom stereocenters. The Hall–Kier alpha value is -1.34. The van der Waals surface area contributed by atoms with Crippen molar-refractivity contribution in [3.63, 3.8) is 0 Å². The number of amides is 1. The van der Waals surface area contributed by atoms with Crippen LogP contribution in [0.3, 0.4) is 0 Å². The molecule has 1 amide bonds. The molecule has 1 atom stereocenters. The van der Waals surface area contributed by atoms with Gasteiger partial charge in [0.05, 0.1) is 12.7 Å². The molecule has 0 aromatic rings. The van der Waals surface area contributed by atoms with E-state index in [0.29, 0.717) is 6.10 Å². The molecule has 7 nitrogen and oxygen atoms in total. The van der Waals surface area contributed by atoms with E-state index in [2.05, 4.69) is 15.2 Å². The number of hydrogen-bond donors (Lipinski definition) is 1. The number of rotatable bonds is 5. The normalized spacial score (nSPS) is 25.6. The van der Waals surface area contributed by atoms with Gasteiger partial charge < -0.3 is 24.6 Å². The van der Waals surface area contributed by atoms with Crippen LogP contribution in [0.1, 0.15) is 38.5 Å². The Morgan fingerprint density at radius 2 is 1.84 bits per heavy atom. The molecule has 3 aliphatic rings. The van der Waals surface area contributed by atoms with Gasteiger partial charge in [0.15, 0.2) is 5.96 Å². The van der Waals surface area contributed by atoms with Gasteiger partial charge in [-0.15, -0.1) is 0 Å². The Balaban J connectivity index is 1.35. The Morgan fingerprint density at radius 1 is 1.12 bits per heavy atom. The second-order valence-corrected chi connectivity index (χ2v) is 7.07. The Labute approximate surface area is 150 Å². The molecular formula is C18H32N4O3. The maximum Gasteiger partial charge on any atom is 0.251 e. The van der Waals surface area contributed by atoms with Crippen molar-refractivity contribution in [2.24, 2.45) is 4.99 Å². The fraction of sp³-hybridized carbons (Fsp3) is 0.889. The van der Waals surface area contributed by atoms with Crippen molar-refractivity contribution in [1.29, 1.82) is 0 Å². The summed E-state index contributed by atoms with van der Waals surface area (Å²) in [6.07, 6.45) is 7.11. The van der Waals surface area contributed by atoms with Crippen molar-refractivity contribution in [3.05, 3.63) is 0 Å². The molecule has 0 aromatic carbocycles. The summed E-state index contributed by atoms with van der Waals surface area (Å²) in [5.41, 5.74) is 0. The van der Waals surface area contributed by atoms with Crippen LogP contribution in [0.25, 0.3) is 0 Å². The number of carbonyl (C=O) groups is 1. The standard InChI is InChI=1S/C18H32N4O3/c1-19-18(20-8-14-24-15-5-2-3-6-15)22-11-9-21(10-12-22)17(23)16-7-4-13-25-16/h15-16H,2-14H2,1H3,(H,19,20). The van der Waals surface area contributed by atoms with Crippen LogP contribution in [-0.2, 0) is 14.3 Å². The van der Waals surface area contributed by atoms with E-state index in [9.17, 15) is 4.79 Å². The van der Waals surface area contributed by atoms with Crippen LogP contribution in [0, 0.1) is 0 Å². The number of aliphatic imine (C=N–C) groups is 1. The van der Waals surface area contributed by atoms with E-state index < -0.39 is 0 Å². The highest BCUT2D eigenvalue weighted by Crippen LogP contribution is 2.20. The highest BCUT2D eigenvalue weighted by atomic mass is 16.5. The molecular weight excluding hydrogens is 320 g/mol. The van der Waals surface area contributed by atoms with E-state index in [-0.39, 0.29) is 12.0 Å². The van der Waals surface area contributed by atoms with Gasteiger partial charge in [0.25, 0.3) is 5.91 Å². The van der Waals surface area contributed by atoms with Gasteiger partial charge in [0.2, 0.25) is 0 Å². The zero-order valence-corrected chi connectivity index (χ0v) is 15.4. The molecule has 1 N–H and O–H groups in total. The Morgan fingerprint density at radius 3 is 2.48 bits per heavy atom. The van der Waals surface area contributed by atoms with Crippen molar-refractivity contribution in [2.75, 3.05) is 53.0 Å². The van der Waals surface area contributed by atoms with E-state index in [4.69, 9.17) is 9.47 Å². The lowest BCUT2D eigenvalue weighted by atomic mass is 10.2. The maximum atomic E-state index is 12.4. The van der Waals surface area contributed by atoms with E-state index in [1.165, 1.54) is 25.7 Å². The molecule has 1 aliphatic carbocycles. The molecule has 3 fully saturated rings. The molecule has 7 heteroatoms. The van der Waals surface area contributed by atoms with Gasteiger partial charge in [-0.05, 0) is 25.7 Å². The third kappa shape index (κ3) is 5.07. The molecule has 3 rings (SSSR count). The lowest BCUT2D eigenvalue weighted by molar-refractivity contribution is -0.142. The van der Waals surface area contributed by atoms with Crippen LogP contribution in [-0.4, -0.2) is 86.9 Å². The maximum absolute atomic E-state index is 12.4. The Bertz CT molecular complexity index is 451. The smallest absolute Gasteiger partial charge is 0.251 e. The molecule has 142 valence electrons. The van der Waals surface area contributed by atoms with Gasteiger partial charge in [-0.1, -0.05) is 12.8 Å². The van der Waals surface area contributed by atoms with Crippen LogP contribution >= 0.6 is 0 Å². The number of guanidine groups is 1. The number of nitrogens with zero attached hydrogens (tertiary/aromatic N) is 3. The van der Waals surface area contributed by atoms with Crippen molar-refractivity contribution in [2.45, 2.75) is 50.7 Å². The topological polar surface area (TPSA) is 66.4 Å². The molecule has 25 heavy (non-hydrogen) atoms. The van der Waals surface area contributed by atoms with Crippen LogP contribution in [0.5, 0.6) is 0 Å². The van der Waals surface area contributed by atoms with Crippen molar-refractivity contribution < 1.29 is 14.3 Å². The molecule has 0 aromatic heterocycles. The lowest BCUT2D eigenvalue weighted by Gasteiger charge is -2.37. The second kappa shape index (κ2) is 9.38. The van der Waals surface area contributed by atoms with Crippen LogP contribution < -0.4 is 5.32 Å². The SMILES string of the molecule is CN=C(NCCOC1CCCC1)N1CCN(C(=O)C2CCCO2)CC1. The summed E-state index contributed by atoms with van der Waals surface area (Å²) in [6, 6.07) is 0. The minimum atomic E-state index is -0.211. The number of piperazine rings is 1. The summed E-state index contributed by atoms with van der Waals surface area (Å²) in [6.45, 7) is 5.30. The third-order valence-electron chi connectivity index (χ3n) is 5.35. The van der Waals surface area contributed by atoms with Gasteiger partial charge in [-0.2, -0.15) is 0 Å². The quantitative estimate of drug-likeness (QED) is 0.451. The molecule has 0 spiro atoms. The number of ether oxygens (including phenoxy) is 2. The first-order valence-corrected chi connectivity index (χ1v) is 9.75. The van der Waals surface area contributed by atoms with Crippen LogP contribution in [0.15, 0.2) is 4.99 Å². The van der Waals surface area contributed by atoms with E-state index >= 15 is 0 Å².